The van der Waals surface area contributed by atoms with Crippen LogP contribution in [-0.2, 0) is 11.3 Å². The second-order valence-corrected chi connectivity index (χ2v) is 9.03. The lowest BCUT2D eigenvalue weighted by Crippen LogP contribution is -2.34. The Balaban J connectivity index is 1.25. The zero-order valence-corrected chi connectivity index (χ0v) is 20.9. The average molecular weight is 548 g/mol. The quantitative estimate of drug-likeness (QED) is 0.296. The summed E-state index contributed by atoms with van der Waals surface area (Å²) < 4.78 is 27.6. The van der Waals surface area contributed by atoms with Gasteiger partial charge in [0.15, 0.2) is 16.8 Å². The van der Waals surface area contributed by atoms with E-state index in [9.17, 15) is 23.2 Å². The molecule has 196 valence electrons. The van der Waals surface area contributed by atoms with Crippen LogP contribution < -0.4 is 16.2 Å². The van der Waals surface area contributed by atoms with Gasteiger partial charge in [-0.2, -0.15) is 5.10 Å². The minimum atomic E-state index is -1.06. The summed E-state index contributed by atoms with van der Waals surface area (Å²) in [5, 5.41) is 9.24. The molecule has 0 spiro atoms. The third-order valence-electron chi connectivity index (χ3n) is 5.94. The van der Waals surface area contributed by atoms with Crippen LogP contribution in [0.4, 0.5) is 14.5 Å². The lowest BCUT2D eigenvalue weighted by molar-refractivity contribution is -0.110. The van der Waals surface area contributed by atoms with Gasteiger partial charge in [-0.25, -0.2) is 13.5 Å². The summed E-state index contributed by atoms with van der Waals surface area (Å²) in [5.74, 6) is -2.95. The van der Waals surface area contributed by atoms with Gasteiger partial charge >= 0.3 is 0 Å². The molecule has 0 saturated carbocycles. The minimum absolute atomic E-state index is 0.100. The normalized spacial score (nSPS) is 13.6. The van der Waals surface area contributed by atoms with E-state index < -0.39 is 23.1 Å². The van der Waals surface area contributed by atoms with E-state index in [0.29, 0.717) is 11.3 Å². The summed E-state index contributed by atoms with van der Waals surface area (Å²) in [4.78, 5) is 40.9. The van der Waals surface area contributed by atoms with Crippen LogP contribution in [0.2, 0.25) is 5.15 Å². The Kier molecular flexibility index (Phi) is 7.20. The SMILES string of the molecule is O=C1Nc2cc(C=CCNC(=O)c3cc(Cl)nn(Cc4ccc(F)c(F)c4)c3=O)ccc2C1=Cc1ccc[nH]1. The second-order valence-electron chi connectivity index (χ2n) is 8.65. The Morgan fingerprint density at radius 2 is 1.92 bits per heavy atom. The molecular weight excluding hydrogens is 528 g/mol. The molecule has 1 aliphatic rings. The maximum absolute atomic E-state index is 13.5. The molecule has 2 amide bonds. The molecule has 1 aliphatic heterocycles. The molecule has 0 saturated heterocycles. The largest absolute Gasteiger partial charge is 0.362 e. The number of hydrogen-bond acceptors (Lipinski definition) is 4. The number of carbonyl (C=O) groups is 2. The van der Waals surface area contributed by atoms with Crippen molar-refractivity contribution in [3.05, 3.63) is 122 Å². The molecule has 4 aromatic rings. The predicted molar refractivity (Wildman–Crippen MR) is 144 cm³/mol. The van der Waals surface area contributed by atoms with E-state index in [2.05, 4.69) is 20.7 Å². The van der Waals surface area contributed by atoms with Gasteiger partial charge in [0.25, 0.3) is 17.4 Å². The first-order valence-corrected chi connectivity index (χ1v) is 12.1. The van der Waals surface area contributed by atoms with Crippen LogP contribution in [-0.4, -0.2) is 33.1 Å². The number of carbonyl (C=O) groups excluding carboxylic acids is 2. The molecule has 3 heterocycles. The van der Waals surface area contributed by atoms with Crippen molar-refractivity contribution in [1.82, 2.24) is 20.1 Å². The predicted octanol–water partition coefficient (Wildman–Crippen LogP) is 4.49. The molecule has 3 N–H and O–H groups in total. The molecule has 2 aromatic heterocycles. The molecule has 0 bridgehead atoms. The Hall–Kier alpha value is -4.83. The maximum Gasteiger partial charge on any atom is 0.280 e. The molecule has 0 radical (unpaired) electrons. The van der Waals surface area contributed by atoms with Crippen LogP contribution >= 0.6 is 11.6 Å². The van der Waals surface area contributed by atoms with E-state index in [0.717, 1.165) is 39.7 Å². The van der Waals surface area contributed by atoms with E-state index >= 15 is 0 Å². The number of nitrogens with zero attached hydrogens (tertiary/aromatic N) is 2. The van der Waals surface area contributed by atoms with Crippen molar-refractivity contribution in [1.29, 1.82) is 0 Å². The number of nitrogens with one attached hydrogen (secondary N) is 3. The first-order valence-electron chi connectivity index (χ1n) is 11.8. The van der Waals surface area contributed by atoms with Crippen LogP contribution in [0.15, 0.2) is 71.7 Å². The Bertz CT molecular complexity index is 1710. The van der Waals surface area contributed by atoms with Gasteiger partial charge in [0, 0.05) is 29.7 Å². The van der Waals surface area contributed by atoms with Crippen molar-refractivity contribution in [3.8, 4) is 0 Å². The number of aromatic amines is 1. The van der Waals surface area contributed by atoms with Crippen molar-refractivity contribution in [3.63, 3.8) is 0 Å². The van der Waals surface area contributed by atoms with Crippen molar-refractivity contribution < 1.29 is 18.4 Å². The average Bonchev–Trinajstić information content (AvgIpc) is 3.53. The van der Waals surface area contributed by atoms with Gasteiger partial charge in [-0.15, -0.1) is 0 Å². The lowest BCUT2D eigenvalue weighted by Gasteiger charge is -2.09. The molecule has 8 nitrogen and oxygen atoms in total. The number of benzene rings is 2. The Morgan fingerprint density at radius 1 is 1.08 bits per heavy atom. The molecule has 0 fully saturated rings. The highest BCUT2D eigenvalue weighted by atomic mass is 35.5. The monoisotopic (exact) mass is 547 g/mol. The van der Waals surface area contributed by atoms with Gasteiger partial charge in [-0.3, -0.25) is 14.4 Å². The molecule has 5 rings (SSSR count). The van der Waals surface area contributed by atoms with E-state index in [1.807, 2.05) is 30.3 Å². The summed E-state index contributed by atoms with van der Waals surface area (Å²) in [6.07, 6.45) is 7.01. The first-order chi connectivity index (χ1) is 18.8. The number of halogens is 3. The molecule has 0 atom stereocenters. The topological polar surface area (TPSA) is 109 Å². The molecule has 0 unspecified atom stereocenters. The highest BCUT2D eigenvalue weighted by Gasteiger charge is 2.24. The van der Waals surface area contributed by atoms with Crippen molar-refractivity contribution in [2.75, 3.05) is 11.9 Å². The fourth-order valence-corrected chi connectivity index (χ4v) is 4.28. The fourth-order valence-electron chi connectivity index (χ4n) is 4.08. The molecule has 0 aliphatic carbocycles. The van der Waals surface area contributed by atoms with Crippen molar-refractivity contribution in [2.45, 2.75) is 6.54 Å². The van der Waals surface area contributed by atoms with Gasteiger partial charge in [0.1, 0.15) is 5.56 Å². The zero-order chi connectivity index (χ0) is 27.5. The number of H-pyrrole nitrogens is 1. The van der Waals surface area contributed by atoms with Crippen molar-refractivity contribution >= 4 is 46.8 Å². The van der Waals surface area contributed by atoms with Gasteiger partial charge in [0.2, 0.25) is 0 Å². The molecule has 39 heavy (non-hydrogen) atoms. The van der Waals surface area contributed by atoms with Gasteiger partial charge in [-0.05, 0) is 53.6 Å². The third kappa shape index (κ3) is 5.70. The van der Waals surface area contributed by atoms with Crippen LogP contribution in [0.1, 0.15) is 32.7 Å². The number of rotatable bonds is 7. The third-order valence-corrected chi connectivity index (χ3v) is 6.13. The van der Waals surface area contributed by atoms with Gasteiger partial charge in [0.05, 0.1) is 12.1 Å². The Labute approximate surface area is 225 Å². The summed E-state index contributed by atoms with van der Waals surface area (Å²) >= 11 is 6.00. The highest BCUT2D eigenvalue weighted by Crippen LogP contribution is 2.33. The van der Waals surface area contributed by atoms with E-state index in [1.54, 1.807) is 24.4 Å². The number of hydrogen-bond donors (Lipinski definition) is 3. The van der Waals surface area contributed by atoms with Crippen LogP contribution in [0.5, 0.6) is 0 Å². The van der Waals surface area contributed by atoms with E-state index in [4.69, 9.17) is 11.6 Å². The fraction of sp³-hybridized carbons (Fsp3) is 0.0714. The summed E-state index contributed by atoms with van der Waals surface area (Å²) in [7, 11) is 0. The molecule has 2 aromatic carbocycles. The van der Waals surface area contributed by atoms with Gasteiger partial charge < -0.3 is 15.6 Å². The summed E-state index contributed by atoms with van der Waals surface area (Å²) in [6.45, 7) is -0.101. The summed E-state index contributed by atoms with van der Waals surface area (Å²) in [5.41, 5.74) is 2.94. The Morgan fingerprint density at radius 3 is 2.69 bits per heavy atom. The zero-order valence-electron chi connectivity index (χ0n) is 20.2. The smallest absolute Gasteiger partial charge is 0.280 e. The maximum atomic E-state index is 13.5. The summed E-state index contributed by atoms with van der Waals surface area (Å²) in [6, 6.07) is 13.6. The number of fused-ring (bicyclic) bond motifs is 1. The first kappa shape index (κ1) is 25.8. The lowest BCUT2D eigenvalue weighted by atomic mass is 10.0. The van der Waals surface area contributed by atoms with E-state index in [1.165, 1.54) is 6.07 Å². The van der Waals surface area contributed by atoms with Crippen LogP contribution in [0.25, 0.3) is 17.7 Å². The number of amides is 2. The number of aromatic nitrogens is 3. The van der Waals surface area contributed by atoms with Crippen LogP contribution in [0.3, 0.4) is 0 Å². The molecular formula is C28H20ClF2N5O3. The van der Waals surface area contributed by atoms with Gasteiger partial charge in [-0.1, -0.05) is 42.0 Å². The highest BCUT2D eigenvalue weighted by molar-refractivity contribution is 6.34. The molecule has 11 heteroatoms. The standard InChI is InChI=1S/C28H20ClF2N5O3/c29-25-14-21(28(39)36(35-25)15-17-6-8-22(30)23(31)11-17)26(37)33-10-1-3-16-5-7-19-20(13-18-4-2-9-32-18)27(38)34-24(19)12-16/h1-9,11-14,32H,10,15H2,(H,33,37)(H,34,38). The van der Waals surface area contributed by atoms with Crippen LogP contribution in [0, 0.1) is 11.6 Å². The minimum Gasteiger partial charge on any atom is -0.362 e. The number of anilines is 1. The van der Waals surface area contributed by atoms with E-state index in [-0.39, 0.29) is 35.3 Å². The van der Waals surface area contributed by atoms with Crippen molar-refractivity contribution in [2.24, 2.45) is 0 Å². The second kappa shape index (κ2) is 10.9.